The third-order valence-electron chi connectivity index (χ3n) is 3.38. The van der Waals surface area contributed by atoms with Crippen LogP contribution in [0.3, 0.4) is 0 Å². The predicted molar refractivity (Wildman–Crippen MR) is 85.1 cm³/mol. The zero-order valence-corrected chi connectivity index (χ0v) is 13.2. The fraction of sp³-hybridized carbons (Fsp3) is 0.412. The molecule has 118 valence electrons. The molecule has 2 heterocycles. The van der Waals surface area contributed by atoms with E-state index in [1.54, 1.807) is 12.3 Å². The van der Waals surface area contributed by atoms with Crippen molar-refractivity contribution in [2.45, 2.75) is 33.2 Å². The predicted octanol–water partition coefficient (Wildman–Crippen LogP) is 3.34. The molecule has 0 amide bonds. The second kappa shape index (κ2) is 7.31. The minimum atomic E-state index is -0.512. The highest BCUT2D eigenvalue weighted by molar-refractivity contribution is 5.60. The largest absolute Gasteiger partial charge is 0.491 e. The topological polar surface area (TPSA) is 61.0 Å². The van der Waals surface area contributed by atoms with Crippen LogP contribution >= 0.6 is 0 Å². The van der Waals surface area contributed by atoms with Gasteiger partial charge in [0.25, 0.3) is 0 Å². The van der Waals surface area contributed by atoms with Crippen molar-refractivity contribution in [1.29, 1.82) is 0 Å². The summed E-state index contributed by atoms with van der Waals surface area (Å²) in [6, 6.07) is 5.16. The molecule has 2 rings (SSSR count). The highest BCUT2D eigenvalue weighted by atomic mass is 19.1. The standard InChI is InChI=1S/C17H22FN3O/c1-11(6-13(3)19)10-22-16-9-21-15(7-12(16)2)14-4-5-20-17(18)8-14/h4-5,7-9,11,13H,6,10,19H2,1-3H3. The van der Waals surface area contributed by atoms with E-state index in [0.29, 0.717) is 23.8 Å². The lowest BCUT2D eigenvalue weighted by Gasteiger charge is -2.16. The molecule has 5 heteroatoms. The van der Waals surface area contributed by atoms with E-state index in [1.165, 1.54) is 12.3 Å². The van der Waals surface area contributed by atoms with Gasteiger partial charge in [0.2, 0.25) is 5.95 Å². The summed E-state index contributed by atoms with van der Waals surface area (Å²) < 4.78 is 19.0. The number of nitrogens with two attached hydrogens (primary N) is 1. The van der Waals surface area contributed by atoms with E-state index in [0.717, 1.165) is 17.7 Å². The fourth-order valence-corrected chi connectivity index (χ4v) is 2.35. The molecule has 0 saturated carbocycles. The van der Waals surface area contributed by atoms with Crippen molar-refractivity contribution in [1.82, 2.24) is 9.97 Å². The summed E-state index contributed by atoms with van der Waals surface area (Å²) in [5.41, 5.74) is 8.16. The summed E-state index contributed by atoms with van der Waals surface area (Å²) in [4.78, 5) is 7.89. The zero-order valence-electron chi connectivity index (χ0n) is 13.2. The number of aryl methyl sites for hydroxylation is 1. The van der Waals surface area contributed by atoms with E-state index in [1.807, 2.05) is 19.9 Å². The van der Waals surface area contributed by atoms with E-state index in [2.05, 4.69) is 16.9 Å². The number of halogens is 1. The van der Waals surface area contributed by atoms with Crippen LogP contribution in [-0.2, 0) is 0 Å². The van der Waals surface area contributed by atoms with E-state index in [-0.39, 0.29) is 6.04 Å². The van der Waals surface area contributed by atoms with Gasteiger partial charge in [-0.3, -0.25) is 4.98 Å². The number of rotatable bonds is 6. The van der Waals surface area contributed by atoms with Gasteiger partial charge in [-0.2, -0.15) is 4.39 Å². The molecule has 0 bridgehead atoms. The molecule has 2 aromatic rings. The lowest BCUT2D eigenvalue weighted by Crippen LogP contribution is -2.21. The Labute approximate surface area is 130 Å². The van der Waals surface area contributed by atoms with Crippen LogP contribution in [0.25, 0.3) is 11.3 Å². The monoisotopic (exact) mass is 303 g/mol. The van der Waals surface area contributed by atoms with Gasteiger partial charge in [0.15, 0.2) is 0 Å². The summed E-state index contributed by atoms with van der Waals surface area (Å²) in [6.07, 6.45) is 4.03. The van der Waals surface area contributed by atoms with Gasteiger partial charge in [-0.05, 0) is 43.9 Å². The first-order valence-corrected chi connectivity index (χ1v) is 7.42. The highest BCUT2D eigenvalue weighted by Crippen LogP contribution is 2.24. The molecule has 0 saturated heterocycles. The summed E-state index contributed by atoms with van der Waals surface area (Å²) in [5.74, 6) is 0.616. The number of aromatic nitrogens is 2. The molecule has 2 unspecified atom stereocenters. The molecule has 4 nitrogen and oxygen atoms in total. The number of nitrogens with zero attached hydrogens (tertiary/aromatic N) is 2. The van der Waals surface area contributed by atoms with Crippen molar-refractivity contribution >= 4 is 0 Å². The summed E-state index contributed by atoms with van der Waals surface area (Å²) in [5, 5.41) is 0. The van der Waals surface area contributed by atoms with Crippen molar-refractivity contribution in [3.05, 3.63) is 42.1 Å². The van der Waals surface area contributed by atoms with E-state index >= 15 is 0 Å². The average molecular weight is 303 g/mol. The third kappa shape index (κ3) is 4.49. The normalized spacial score (nSPS) is 13.7. The smallest absolute Gasteiger partial charge is 0.213 e. The molecule has 0 aliphatic carbocycles. The van der Waals surface area contributed by atoms with Gasteiger partial charge >= 0.3 is 0 Å². The van der Waals surface area contributed by atoms with Crippen LogP contribution in [0.1, 0.15) is 25.8 Å². The minimum absolute atomic E-state index is 0.168. The van der Waals surface area contributed by atoms with Gasteiger partial charge in [0.05, 0.1) is 18.5 Å². The van der Waals surface area contributed by atoms with Gasteiger partial charge in [-0.1, -0.05) is 6.92 Å². The van der Waals surface area contributed by atoms with Crippen LogP contribution in [0.15, 0.2) is 30.6 Å². The van der Waals surface area contributed by atoms with E-state index < -0.39 is 5.95 Å². The Morgan fingerprint density at radius 2 is 2.05 bits per heavy atom. The van der Waals surface area contributed by atoms with Crippen molar-refractivity contribution in [3.63, 3.8) is 0 Å². The summed E-state index contributed by atoms with van der Waals surface area (Å²) >= 11 is 0. The Hall–Kier alpha value is -2.01. The molecule has 2 atom stereocenters. The zero-order chi connectivity index (χ0) is 16.1. The maximum atomic E-state index is 13.2. The molecule has 22 heavy (non-hydrogen) atoms. The molecule has 0 fully saturated rings. The second-order valence-corrected chi connectivity index (χ2v) is 5.83. The van der Waals surface area contributed by atoms with Crippen LogP contribution in [0.4, 0.5) is 4.39 Å². The number of pyridine rings is 2. The average Bonchev–Trinajstić information content (AvgIpc) is 2.45. The summed E-state index contributed by atoms with van der Waals surface area (Å²) in [7, 11) is 0. The Kier molecular flexibility index (Phi) is 5.44. The Bertz CT molecular complexity index is 631. The van der Waals surface area contributed by atoms with Crippen LogP contribution in [0, 0.1) is 18.8 Å². The van der Waals surface area contributed by atoms with E-state index in [4.69, 9.17) is 10.5 Å². The molecular weight excluding hydrogens is 281 g/mol. The fourth-order valence-electron chi connectivity index (χ4n) is 2.35. The van der Waals surface area contributed by atoms with Gasteiger partial charge in [-0.25, -0.2) is 4.98 Å². The number of hydrogen-bond donors (Lipinski definition) is 1. The molecule has 0 aromatic carbocycles. The SMILES string of the molecule is Cc1cc(-c2ccnc(F)c2)ncc1OCC(C)CC(C)N. The number of ether oxygens (including phenoxy) is 1. The van der Waals surface area contributed by atoms with Gasteiger partial charge in [-0.15, -0.1) is 0 Å². The molecular formula is C17H22FN3O. The van der Waals surface area contributed by atoms with Crippen molar-refractivity contribution in [2.75, 3.05) is 6.61 Å². The van der Waals surface area contributed by atoms with Crippen LogP contribution < -0.4 is 10.5 Å². The molecule has 0 aliphatic heterocycles. The molecule has 2 N–H and O–H groups in total. The molecule has 2 aromatic heterocycles. The second-order valence-electron chi connectivity index (χ2n) is 5.83. The first kappa shape index (κ1) is 16.4. The number of hydrogen-bond acceptors (Lipinski definition) is 4. The van der Waals surface area contributed by atoms with Crippen LogP contribution in [-0.4, -0.2) is 22.6 Å². The van der Waals surface area contributed by atoms with Crippen molar-refractivity contribution in [2.24, 2.45) is 11.7 Å². The Balaban J connectivity index is 2.07. The highest BCUT2D eigenvalue weighted by Gasteiger charge is 2.09. The quantitative estimate of drug-likeness (QED) is 0.831. The molecule has 0 aliphatic rings. The lowest BCUT2D eigenvalue weighted by atomic mass is 10.0. The minimum Gasteiger partial charge on any atom is -0.491 e. The van der Waals surface area contributed by atoms with Gasteiger partial charge < -0.3 is 10.5 Å². The first-order valence-electron chi connectivity index (χ1n) is 7.42. The Morgan fingerprint density at radius 1 is 1.27 bits per heavy atom. The third-order valence-corrected chi connectivity index (χ3v) is 3.38. The van der Waals surface area contributed by atoms with Gasteiger partial charge in [0.1, 0.15) is 5.75 Å². The summed E-state index contributed by atoms with van der Waals surface area (Å²) in [6.45, 7) is 6.66. The van der Waals surface area contributed by atoms with Crippen molar-refractivity contribution < 1.29 is 9.13 Å². The first-order chi connectivity index (χ1) is 10.5. The van der Waals surface area contributed by atoms with E-state index in [9.17, 15) is 4.39 Å². The van der Waals surface area contributed by atoms with Crippen LogP contribution in [0.2, 0.25) is 0 Å². The maximum absolute atomic E-state index is 13.2. The van der Waals surface area contributed by atoms with Gasteiger partial charge in [0, 0.05) is 23.9 Å². The Morgan fingerprint density at radius 3 is 2.68 bits per heavy atom. The van der Waals surface area contributed by atoms with Crippen LogP contribution in [0.5, 0.6) is 5.75 Å². The maximum Gasteiger partial charge on any atom is 0.213 e. The van der Waals surface area contributed by atoms with Crippen molar-refractivity contribution in [3.8, 4) is 17.0 Å². The molecule has 0 spiro atoms. The molecule has 0 radical (unpaired) electrons. The lowest BCUT2D eigenvalue weighted by molar-refractivity contribution is 0.244.